The third-order valence-corrected chi connectivity index (χ3v) is 2.20. The van der Waals surface area contributed by atoms with E-state index >= 15 is 0 Å². The van der Waals surface area contributed by atoms with Crippen LogP contribution in [-0.4, -0.2) is 37.9 Å². The number of aliphatic carboxylic acids is 1. The molecule has 0 fully saturated rings. The Balaban J connectivity index is 3.11. The first kappa shape index (κ1) is 15.7. The van der Waals surface area contributed by atoms with E-state index in [0.717, 1.165) is 4.57 Å². The fraction of sp³-hybridized carbons (Fsp3) is 0.222. The minimum atomic E-state index is -1.38. The van der Waals surface area contributed by atoms with Gasteiger partial charge in [0.2, 0.25) is 5.91 Å². The summed E-state index contributed by atoms with van der Waals surface area (Å²) in [6.07, 6.45) is 1.32. The Morgan fingerprint density at radius 2 is 1.67 bits per heavy atom. The van der Waals surface area contributed by atoms with Gasteiger partial charge in [0.1, 0.15) is 13.1 Å². The summed E-state index contributed by atoms with van der Waals surface area (Å²) in [4.78, 5) is 52.1. The van der Waals surface area contributed by atoms with Crippen LogP contribution in [-0.2, 0) is 16.1 Å². The predicted molar refractivity (Wildman–Crippen MR) is 64.7 cm³/mol. The van der Waals surface area contributed by atoms with Gasteiger partial charge in [-0.1, -0.05) is 0 Å². The number of amides is 1. The maximum atomic E-state index is 11.4. The fourth-order valence-corrected chi connectivity index (χ4v) is 1.35. The van der Waals surface area contributed by atoms with E-state index in [0.29, 0.717) is 12.4 Å². The zero-order valence-electron chi connectivity index (χ0n) is 10.2. The van der Waals surface area contributed by atoms with E-state index in [1.807, 2.05) is 5.32 Å². The van der Waals surface area contributed by atoms with Gasteiger partial charge < -0.3 is 15.0 Å². The van der Waals surface area contributed by atoms with Crippen LogP contribution in [0.15, 0.2) is 17.2 Å². The first-order valence-electron chi connectivity index (χ1n) is 5.23. The van der Waals surface area contributed by atoms with Crippen molar-refractivity contribution in [3.63, 3.8) is 0 Å². The molecule has 0 atom stereocenters. The van der Waals surface area contributed by atoms with Crippen molar-refractivity contribution < 1.29 is 24.5 Å². The van der Waals surface area contributed by atoms with Gasteiger partial charge in [-0.05, 0) is 0 Å². The first-order chi connectivity index (χ1) is 9.72. The maximum Gasteiger partial charge on any atom is 0.339 e. The number of rotatable bonds is 6. The third kappa shape index (κ3) is 4.09. The molecule has 1 rings (SSSR count). The van der Waals surface area contributed by atoms with Crippen LogP contribution in [0.25, 0.3) is 0 Å². The quantitative estimate of drug-likeness (QED) is 0.489. The van der Waals surface area contributed by atoms with Crippen molar-refractivity contribution in [3.8, 4) is 0 Å². The Hall–Kier alpha value is -3.31. The number of nitro groups is 2. The molecular weight excluding hydrogens is 292 g/mol. The second-order valence-corrected chi connectivity index (χ2v) is 3.71. The molecule has 112 valence electrons. The second-order valence-electron chi connectivity index (χ2n) is 3.71. The van der Waals surface area contributed by atoms with E-state index in [9.17, 15) is 34.6 Å². The molecule has 0 unspecified atom stereocenters. The van der Waals surface area contributed by atoms with Gasteiger partial charge in [-0.2, -0.15) is 0 Å². The Bertz CT molecular complexity index is 641. The molecule has 1 amide bonds. The highest BCUT2D eigenvalue weighted by Gasteiger charge is 2.24. The van der Waals surface area contributed by atoms with Crippen LogP contribution in [0.1, 0.15) is 0 Å². The lowest BCUT2D eigenvalue weighted by Crippen LogP contribution is -2.32. The molecule has 1 aromatic heterocycles. The van der Waals surface area contributed by atoms with Gasteiger partial charge in [-0.15, -0.1) is 0 Å². The Labute approximate surface area is 114 Å². The average Bonchev–Trinajstić information content (AvgIpc) is 2.37. The van der Waals surface area contributed by atoms with Gasteiger partial charge in [0.05, 0.1) is 22.2 Å². The van der Waals surface area contributed by atoms with Crippen molar-refractivity contribution in [2.24, 2.45) is 0 Å². The monoisotopic (exact) mass is 300 g/mol. The summed E-state index contributed by atoms with van der Waals surface area (Å²) in [7, 11) is 0. The number of carbonyl (C=O) groups is 2. The standard InChI is InChI=1S/C9H8N4O8/c14-7(10-1-8(15)16)4-11-2-5(12(18)19)9(17)6(3-11)13(20)21/h2-3H,1,4H2,(H,10,14)(H,15,16). The molecule has 0 saturated heterocycles. The third-order valence-electron chi connectivity index (χ3n) is 2.20. The topological polar surface area (TPSA) is 175 Å². The van der Waals surface area contributed by atoms with Crippen LogP contribution in [0, 0.1) is 20.2 Å². The molecular formula is C9H8N4O8. The largest absolute Gasteiger partial charge is 0.480 e. The molecule has 0 saturated carbocycles. The van der Waals surface area contributed by atoms with Gasteiger partial charge in [0.25, 0.3) is 0 Å². The molecule has 1 heterocycles. The summed E-state index contributed by atoms with van der Waals surface area (Å²) in [5.74, 6) is -2.15. The summed E-state index contributed by atoms with van der Waals surface area (Å²) in [6.45, 7) is -1.29. The van der Waals surface area contributed by atoms with Crippen LogP contribution >= 0.6 is 0 Å². The SMILES string of the molecule is O=C(O)CNC(=O)Cn1cc([N+](=O)[O-])c(=O)c([N+](=O)[O-])c1. The van der Waals surface area contributed by atoms with Gasteiger partial charge in [0.15, 0.2) is 0 Å². The number of carbonyl (C=O) groups excluding carboxylic acids is 1. The Kier molecular flexibility index (Phi) is 4.67. The molecule has 0 bridgehead atoms. The van der Waals surface area contributed by atoms with E-state index in [-0.39, 0.29) is 0 Å². The van der Waals surface area contributed by atoms with E-state index in [1.54, 1.807) is 0 Å². The van der Waals surface area contributed by atoms with E-state index in [1.165, 1.54) is 0 Å². The highest BCUT2D eigenvalue weighted by atomic mass is 16.6. The molecule has 0 aromatic carbocycles. The minimum absolute atomic E-state index is 0.616. The molecule has 1 aromatic rings. The van der Waals surface area contributed by atoms with Gasteiger partial charge in [-0.3, -0.25) is 34.6 Å². The smallest absolute Gasteiger partial charge is 0.339 e. The predicted octanol–water partition coefficient (Wildman–Crippen LogP) is -1.13. The molecule has 0 aliphatic rings. The van der Waals surface area contributed by atoms with Gasteiger partial charge in [-0.25, -0.2) is 0 Å². The van der Waals surface area contributed by atoms with Gasteiger partial charge in [0, 0.05) is 0 Å². The lowest BCUT2D eigenvalue weighted by atomic mass is 10.3. The minimum Gasteiger partial charge on any atom is -0.480 e. The lowest BCUT2D eigenvalue weighted by molar-refractivity contribution is -0.397. The van der Waals surface area contributed by atoms with Crippen molar-refractivity contribution in [2.75, 3.05) is 6.54 Å². The number of carboxylic acids is 1. The molecule has 12 heteroatoms. The normalized spacial score (nSPS) is 9.90. The van der Waals surface area contributed by atoms with E-state index < -0.39 is 51.6 Å². The second kappa shape index (κ2) is 6.23. The summed E-state index contributed by atoms with van der Waals surface area (Å²) in [5.41, 5.74) is -3.50. The van der Waals surface area contributed by atoms with Crippen molar-refractivity contribution in [2.45, 2.75) is 6.54 Å². The van der Waals surface area contributed by atoms with Crippen molar-refractivity contribution in [1.82, 2.24) is 9.88 Å². The van der Waals surface area contributed by atoms with Crippen LogP contribution < -0.4 is 10.7 Å². The molecule has 0 aliphatic carbocycles. The van der Waals surface area contributed by atoms with Crippen molar-refractivity contribution in [3.05, 3.63) is 42.8 Å². The molecule has 0 aliphatic heterocycles. The van der Waals surface area contributed by atoms with Crippen LogP contribution in [0.3, 0.4) is 0 Å². The highest BCUT2D eigenvalue weighted by molar-refractivity contribution is 5.81. The van der Waals surface area contributed by atoms with Crippen LogP contribution in [0.5, 0.6) is 0 Å². The molecule has 12 nitrogen and oxygen atoms in total. The number of pyridine rings is 1. The van der Waals surface area contributed by atoms with E-state index in [4.69, 9.17) is 5.11 Å². The summed E-state index contributed by atoms with van der Waals surface area (Å²) in [6, 6.07) is 0. The number of aromatic nitrogens is 1. The molecule has 0 radical (unpaired) electrons. The summed E-state index contributed by atoms with van der Waals surface area (Å²) >= 11 is 0. The number of nitrogens with zero attached hydrogens (tertiary/aromatic N) is 3. The zero-order chi connectivity index (χ0) is 16.2. The highest BCUT2D eigenvalue weighted by Crippen LogP contribution is 2.11. The number of hydrogen-bond donors (Lipinski definition) is 2. The Morgan fingerprint density at radius 3 is 2.05 bits per heavy atom. The van der Waals surface area contributed by atoms with Crippen molar-refractivity contribution >= 4 is 23.3 Å². The summed E-state index contributed by atoms with van der Waals surface area (Å²) in [5, 5.41) is 31.6. The first-order valence-corrected chi connectivity index (χ1v) is 5.23. The maximum absolute atomic E-state index is 11.4. The number of nitrogens with one attached hydrogen (secondary N) is 1. The molecule has 21 heavy (non-hydrogen) atoms. The number of hydrogen-bond acceptors (Lipinski definition) is 7. The fourth-order valence-electron chi connectivity index (χ4n) is 1.35. The lowest BCUT2D eigenvalue weighted by Gasteiger charge is -2.06. The van der Waals surface area contributed by atoms with Crippen molar-refractivity contribution in [1.29, 1.82) is 0 Å². The summed E-state index contributed by atoms with van der Waals surface area (Å²) < 4.78 is 0.759. The molecule has 2 N–H and O–H groups in total. The average molecular weight is 300 g/mol. The van der Waals surface area contributed by atoms with E-state index in [2.05, 4.69) is 0 Å². The Morgan fingerprint density at radius 1 is 1.19 bits per heavy atom. The number of carboxylic acid groups (broad SMARTS) is 1. The zero-order valence-corrected chi connectivity index (χ0v) is 10.2. The van der Waals surface area contributed by atoms with Gasteiger partial charge >= 0.3 is 22.8 Å². The molecule has 0 spiro atoms. The van der Waals surface area contributed by atoms with Crippen LogP contribution in [0.4, 0.5) is 11.4 Å². The van der Waals surface area contributed by atoms with Crippen LogP contribution in [0.2, 0.25) is 0 Å².